The number of benzene rings is 1. The number of rotatable bonds is 7. The summed E-state index contributed by atoms with van der Waals surface area (Å²) in [6.07, 6.45) is 3.82. The standard InChI is InChI=1S/C19H24N2O2/c1-2-13-22-19-17(9-6-11-21-19)23-18(16-10-12-20-14-16)15-7-4-3-5-8-15/h3-9,11,16,18,20H,2,10,12-14H2,1H3. The van der Waals surface area contributed by atoms with Gasteiger partial charge in [-0.2, -0.15) is 0 Å². The number of aromatic nitrogens is 1. The van der Waals surface area contributed by atoms with E-state index in [9.17, 15) is 0 Å². The van der Waals surface area contributed by atoms with Crippen LogP contribution in [0.3, 0.4) is 0 Å². The Bertz CT molecular complexity index is 597. The summed E-state index contributed by atoms with van der Waals surface area (Å²) in [4.78, 5) is 4.33. The third-order valence-corrected chi connectivity index (χ3v) is 4.09. The lowest BCUT2D eigenvalue weighted by atomic mass is 9.95. The molecule has 1 aromatic carbocycles. The second kappa shape index (κ2) is 7.97. The molecule has 3 rings (SSSR count). The molecule has 2 heterocycles. The average molecular weight is 312 g/mol. The van der Waals surface area contributed by atoms with Gasteiger partial charge in [-0.15, -0.1) is 0 Å². The van der Waals surface area contributed by atoms with Crippen LogP contribution in [0.1, 0.15) is 31.4 Å². The smallest absolute Gasteiger partial charge is 0.257 e. The van der Waals surface area contributed by atoms with Crippen LogP contribution in [0.4, 0.5) is 0 Å². The molecule has 2 unspecified atom stereocenters. The molecule has 2 aromatic rings. The minimum atomic E-state index is 0.0133. The normalized spacial score (nSPS) is 18.6. The van der Waals surface area contributed by atoms with Gasteiger partial charge in [-0.05, 0) is 37.1 Å². The van der Waals surface area contributed by atoms with Gasteiger partial charge in [0.2, 0.25) is 0 Å². The quantitative estimate of drug-likeness (QED) is 0.848. The van der Waals surface area contributed by atoms with Gasteiger partial charge in [-0.25, -0.2) is 4.98 Å². The molecule has 1 fully saturated rings. The fourth-order valence-corrected chi connectivity index (χ4v) is 2.92. The molecule has 1 aliphatic heterocycles. The van der Waals surface area contributed by atoms with Crippen LogP contribution >= 0.6 is 0 Å². The molecule has 2 atom stereocenters. The number of ether oxygens (including phenoxy) is 2. The second-order valence-electron chi connectivity index (χ2n) is 5.86. The minimum Gasteiger partial charge on any atom is -0.480 e. The summed E-state index contributed by atoms with van der Waals surface area (Å²) < 4.78 is 12.1. The topological polar surface area (TPSA) is 43.4 Å². The lowest BCUT2D eigenvalue weighted by molar-refractivity contribution is 0.135. The van der Waals surface area contributed by atoms with Crippen LogP contribution < -0.4 is 14.8 Å². The Labute approximate surface area is 137 Å². The molecular formula is C19H24N2O2. The van der Waals surface area contributed by atoms with Gasteiger partial charge < -0.3 is 14.8 Å². The number of hydrogen-bond donors (Lipinski definition) is 1. The lowest BCUT2D eigenvalue weighted by Crippen LogP contribution is -2.21. The SMILES string of the molecule is CCCOc1ncccc1OC(c1ccccc1)C1CCNC1. The van der Waals surface area contributed by atoms with E-state index in [4.69, 9.17) is 9.47 Å². The van der Waals surface area contributed by atoms with Crippen molar-refractivity contribution in [3.63, 3.8) is 0 Å². The predicted octanol–water partition coefficient (Wildman–Crippen LogP) is 3.60. The number of nitrogens with zero attached hydrogens (tertiary/aromatic N) is 1. The van der Waals surface area contributed by atoms with Gasteiger partial charge in [0.1, 0.15) is 6.10 Å². The van der Waals surface area contributed by atoms with Crippen molar-refractivity contribution in [2.24, 2.45) is 5.92 Å². The lowest BCUT2D eigenvalue weighted by Gasteiger charge is -2.25. The van der Waals surface area contributed by atoms with Crippen molar-refractivity contribution in [2.75, 3.05) is 19.7 Å². The molecule has 122 valence electrons. The number of nitrogens with one attached hydrogen (secondary N) is 1. The highest BCUT2D eigenvalue weighted by Crippen LogP contribution is 2.35. The molecule has 0 spiro atoms. The highest BCUT2D eigenvalue weighted by Gasteiger charge is 2.28. The fraction of sp³-hybridized carbons (Fsp3) is 0.421. The molecule has 1 aliphatic rings. The molecule has 4 heteroatoms. The van der Waals surface area contributed by atoms with E-state index in [2.05, 4.69) is 41.5 Å². The van der Waals surface area contributed by atoms with Crippen LogP contribution in [0.2, 0.25) is 0 Å². The van der Waals surface area contributed by atoms with Gasteiger partial charge in [0, 0.05) is 18.7 Å². The van der Waals surface area contributed by atoms with Crippen LogP contribution in [0.25, 0.3) is 0 Å². The van der Waals surface area contributed by atoms with Crippen LogP contribution in [0.15, 0.2) is 48.7 Å². The van der Waals surface area contributed by atoms with Gasteiger partial charge >= 0.3 is 0 Å². The van der Waals surface area contributed by atoms with E-state index < -0.39 is 0 Å². The number of pyridine rings is 1. The van der Waals surface area contributed by atoms with Crippen molar-refractivity contribution in [2.45, 2.75) is 25.9 Å². The zero-order valence-electron chi connectivity index (χ0n) is 13.6. The Morgan fingerprint density at radius 1 is 1.22 bits per heavy atom. The van der Waals surface area contributed by atoms with Crippen LogP contribution in [0, 0.1) is 5.92 Å². The Balaban J connectivity index is 1.84. The number of hydrogen-bond acceptors (Lipinski definition) is 4. The second-order valence-corrected chi connectivity index (χ2v) is 5.86. The van der Waals surface area contributed by atoms with E-state index in [0.717, 1.165) is 31.7 Å². The Hall–Kier alpha value is -2.07. The van der Waals surface area contributed by atoms with Crippen LogP contribution in [-0.4, -0.2) is 24.7 Å². The molecular weight excluding hydrogens is 288 g/mol. The Morgan fingerprint density at radius 2 is 2.09 bits per heavy atom. The van der Waals surface area contributed by atoms with Gasteiger partial charge in [-0.3, -0.25) is 0 Å². The highest BCUT2D eigenvalue weighted by molar-refractivity contribution is 5.34. The molecule has 0 amide bonds. The van der Waals surface area contributed by atoms with E-state index in [0.29, 0.717) is 18.4 Å². The molecule has 0 bridgehead atoms. The molecule has 23 heavy (non-hydrogen) atoms. The monoisotopic (exact) mass is 312 g/mol. The first-order valence-electron chi connectivity index (χ1n) is 8.38. The van der Waals surface area contributed by atoms with Crippen LogP contribution in [0.5, 0.6) is 11.6 Å². The maximum Gasteiger partial charge on any atom is 0.257 e. The molecule has 1 N–H and O–H groups in total. The van der Waals surface area contributed by atoms with Gasteiger partial charge in [0.05, 0.1) is 6.61 Å². The van der Waals surface area contributed by atoms with Crippen molar-refractivity contribution in [1.29, 1.82) is 0 Å². The maximum atomic E-state index is 6.39. The summed E-state index contributed by atoms with van der Waals surface area (Å²) in [5.41, 5.74) is 1.20. The zero-order valence-corrected chi connectivity index (χ0v) is 13.6. The van der Waals surface area contributed by atoms with Crippen molar-refractivity contribution >= 4 is 0 Å². The highest BCUT2D eigenvalue weighted by atomic mass is 16.5. The van der Waals surface area contributed by atoms with E-state index in [1.165, 1.54) is 5.56 Å². The van der Waals surface area contributed by atoms with Crippen molar-refractivity contribution in [3.8, 4) is 11.6 Å². The summed E-state index contributed by atoms with van der Waals surface area (Å²) >= 11 is 0. The first kappa shape index (κ1) is 15.8. The minimum absolute atomic E-state index is 0.0133. The van der Waals surface area contributed by atoms with E-state index in [1.54, 1.807) is 6.20 Å². The van der Waals surface area contributed by atoms with E-state index in [1.807, 2.05) is 18.2 Å². The van der Waals surface area contributed by atoms with Crippen molar-refractivity contribution in [3.05, 3.63) is 54.2 Å². The molecule has 1 aromatic heterocycles. The zero-order chi connectivity index (χ0) is 15.9. The molecule has 0 saturated carbocycles. The largest absolute Gasteiger partial charge is 0.480 e. The summed E-state index contributed by atoms with van der Waals surface area (Å²) in [6.45, 7) is 4.75. The third kappa shape index (κ3) is 4.02. The third-order valence-electron chi connectivity index (χ3n) is 4.09. The van der Waals surface area contributed by atoms with Gasteiger partial charge in [0.25, 0.3) is 5.88 Å². The summed E-state index contributed by atoms with van der Waals surface area (Å²) in [6, 6.07) is 14.3. The molecule has 0 radical (unpaired) electrons. The summed E-state index contributed by atoms with van der Waals surface area (Å²) in [5.74, 6) is 1.76. The molecule has 4 nitrogen and oxygen atoms in total. The van der Waals surface area contributed by atoms with Crippen molar-refractivity contribution in [1.82, 2.24) is 10.3 Å². The van der Waals surface area contributed by atoms with E-state index in [-0.39, 0.29) is 6.10 Å². The molecule has 1 saturated heterocycles. The van der Waals surface area contributed by atoms with Gasteiger partial charge in [0.15, 0.2) is 5.75 Å². The van der Waals surface area contributed by atoms with Gasteiger partial charge in [-0.1, -0.05) is 37.3 Å². The average Bonchev–Trinajstić information content (AvgIpc) is 3.13. The predicted molar refractivity (Wildman–Crippen MR) is 90.8 cm³/mol. The summed E-state index contributed by atoms with van der Waals surface area (Å²) in [7, 11) is 0. The fourth-order valence-electron chi connectivity index (χ4n) is 2.92. The summed E-state index contributed by atoms with van der Waals surface area (Å²) in [5, 5.41) is 3.43. The first-order chi connectivity index (χ1) is 11.4. The molecule has 0 aliphatic carbocycles. The first-order valence-corrected chi connectivity index (χ1v) is 8.38. The Morgan fingerprint density at radius 3 is 2.83 bits per heavy atom. The van der Waals surface area contributed by atoms with Crippen molar-refractivity contribution < 1.29 is 9.47 Å². The maximum absolute atomic E-state index is 6.39. The van der Waals surface area contributed by atoms with E-state index >= 15 is 0 Å². The van der Waals surface area contributed by atoms with Crippen LogP contribution in [-0.2, 0) is 0 Å². The Kier molecular flexibility index (Phi) is 5.48.